The monoisotopic (exact) mass is 1270 g/mol. The fraction of sp³-hybridized carbons (Fsp3) is 0.925. The van der Waals surface area contributed by atoms with Crippen LogP contribution in [0.2, 0.25) is 40.9 Å². The minimum absolute atomic E-state index is 0.0226. The molecule has 0 heterocycles. The molecule has 0 aromatic carbocycles. The minimum atomic E-state index is -0.619. The van der Waals surface area contributed by atoms with Crippen molar-refractivity contribution in [3.8, 4) is 0 Å². The molecule has 0 saturated heterocycles. The van der Waals surface area contributed by atoms with Crippen LogP contribution in [-0.4, -0.2) is 199 Å². The SMILES string of the molecule is CCCCCCCCCCC(/C=C\CCCCCCCCCCC=CCCCCCCCCCCC(=O)NCCCCCCC(CN(CCCCN(CCCN(C)B(C)O)B(C)O)B(C)O)CN(CCCCN(CCCN(C)B(C)O)B(C)O)B(C)O)N=[N+]=[N-]. The molecule has 0 aliphatic rings. The third kappa shape index (κ3) is 55.5. The van der Waals surface area contributed by atoms with Crippen LogP contribution in [0.1, 0.15) is 264 Å². The molecule has 520 valence electrons. The molecule has 0 spiro atoms. The van der Waals surface area contributed by atoms with Gasteiger partial charge in [-0.15, -0.1) is 0 Å². The molecule has 0 aliphatic heterocycles. The molecule has 7 N–H and O–H groups in total. The average Bonchev–Trinajstić information content (AvgIpc) is 2.88. The van der Waals surface area contributed by atoms with Gasteiger partial charge in [0.15, 0.2) is 0 Å². The topological polar surface area (TPSA) is 219 Å². The van der Waals surface area contributed by atoms with Crippen LogP contribution in [0.3, 0.4) is 0 Å². The van der Waals surface area contributed by atoms with E-state index in [9.17, 15) is 34.9 Å². The molecule has 0 radical (unpaired) electrons. The van der Waals surface area contributed by atoms with Gasteiger partial charge in [0.1, 0.15) is 0 Å². The summed E-state index contributed by atoms with van der Waals surface area (Å²) in [6.07, 6.45) is 55.3. The standard InChI is InChI=1S/C67H142B6N10O7/c1-10-11-12-13-14-31-34-40-51-66(76-77-74)52-41-35-32-29-27-25-23-21-19-17-15-16-18-20-22-24-26-28-30-33-36-42-53-67(84)75-54-43-38-37-39-50-65(63-82(72(6)89)59-46-44-57-80(70(4)87)61-48-55-78(8)68(2)85)64-83(73(7)90)60-47-45-58-81(71(5)88)62-49-56-79(9)69(3)86/h16,18,41,52,65-66,85-90H,10-15,17,19-40,42-51,53-64H2,1-9H3,(H,75,84)/b18-16?,52-41-. The van der Waals surface area contributed by atoms with Crippen molar-refractivity contribution in [3.05, 3.63) is 34.7 Å². The highest BCUT2D eigenvalue weighted by atomic mass is 16.2. The molecule has 90 heavy (non-hydrogen) atoms. The number of amides is 1. The smallest absolute Gasteiger partial charge is 0.376 e. The Morgan fingerprint density at radius 2 is 0.767 bits per heavy atom. The minimum Gasteiger partial charge on any atom is -0.437 e. The summed E-state index contributed by atoms with van der Waals surface area (Å²) in [5.41, 5.74) is 8.98. The number of nitrogens with one attached hydrogen (secondary N) is 1. The molecule has 0 saturated carbocycles. The van der Waals surface area contributed by atoms with Crippen LogP contribution in [0, 0.1) is 5.92 Å². The van der Waals surface area contributed by atoms with E-state index in [1.807, 2.05) is 37.4 Å². The highest BCUT2D eigenvalue weighted by molar-refractivity contribution is 6.46. The lowest BCUT2D eigenvalue weighted by molar-refractivity contribution is -0.121. The molecule has 0 bridgehead atoms. The average molecular weight is 1260 g/mol. The van der Waals surface area contributed by atoms with E-state index in [1.54, 1.807) is 27.3 Å². The van der Waals surface area contributed by atoms with Crippen molar-refractivity contribution in [1.29, 1.82) is 0 Å². The maximum Gasteiger partial charge on any atom is 0.376 e. The van der Waals surface area contributed by atoms with Crippen molar-refractivity contribution >= 4 is 48.2 Å². The molecule has 0 aliphatic carbocycles. The lowest BCUT2D eigenvalue weighted by Crippen LogP contribution is -2.47. The van der Waals surface area contributed by atoms with Gasteiger partial charge >= 0.3 is 42.3 Å². The molecule has 1 atom stereocenters. The zero-order valence-electron chi connectivity index (χ0n) is 60.1. The number of nitrogens with zero attached hydrogens (tertiary/aromatic N) is 9. The Balaban J connectivity index is 4.52. The summed E-state index contributed by atoms with van der Waals surface area (Å²) in [6, 6.07) is 0.0226. The van der Waals surface area contributed by atoms with Gasteiger partial charge in [0, 0.05) is 17.9 Å². The fourth-order valence-electron chi connectivity index (χ4n) is 12.1. The maximum atomic E-state index is 12.7. The Bertz CT molecular complexity index is 1650. The van der Waals surface area contributed by atoms with Crippen molar-refractivity contribution in [2.45, 2.75) is 311 Å². The quantitative estimate of drug-likeness (QED) is 0.00754. The summed E-state index contributed by atoms with van der Waals surface area (Å²) >= 11 is 0. The zero-order chi connectivity index (χ0) is 66.7. The first kappa shape index (κ1) is 88.2. The Morgan fingerprint density at radius 1 is 0.422 bits per heavy atom. The van der Waals surface area contributed by atoms with Crippen LogP contribution in [0.25, 0.3) is 10.4 Å². The van der Waals surface area contributed by atoms with Crippen LogP contribution in [0.5, 0.6) is 0 Å². The van der Waals surface area contributed by atoms with Crippen molar-refractivity contribution < 1.29 is 34.9 Å². The summed E-state index contributed by atoms with van der Waals surface area (Å²) in [6.45, 7) is 21.2. The number of allylic oxidation sites excluding steroid dienone is 3. The predicted octanol–water partition coefficient (Wildman–Crippen LogP) is 13.9. The second-order valence-electron chi connectivity index (χ2n) is 27.1. The molecule has 0 aromatic heterocycles. The predicted molar refractivity (Wildman–Crippen MR) is 393 cm³/mol. The van der Waals surface area contributed by atoms with Gasteiger partial charge < -0.3 is 64.3 Å². The first-order chi connectivity index (χ1) is 43.4. The second kappa shape index (κ2) is 63.2. The van der Waals surface area contributed by atoms with E-state index >= 15 is 0 Å². The highest BCUT2D eigenvalue weighted by Gasteiger charge is 2.26. The molecule has 17 nitrogen and oxygen atoms in total. The van der Waals surface area contributed by atoms with Crippen LogP contribution < -0.4 is 5.32 Å². The number of hydrogen-bond donors (Lipinski definition) is 7. The van der Waals surface area contributed by atoms with E-state index in [0.29, 0.717) is 26.1 Å². The Kier molecular flexibility index (Phi) is 62.0. The van der Waals surface area contributed by atoms with Crippen molar-refractivity contribution in [2.75, 3.05) is 86.1 Å². The summed E-state index contributed by atoms with van der Waals surface area (Å²) in [5, 5.41) is 70.0. The van der Waals surface area contributed by atoms with E-state index in [1.165, 1.54) is 148 Å². The number of unbranched alkanes of at least 4 members (excludes halogenated alkanes) is 29. The number of carbonyl (C=O) groups excluding carboxylic acids is 1. The van der Waals surface area contributed by atoms with E-state index < -0.39 is 42.3 Å². The van der Waals surface area contributed by atoms with Gasteiger partial charge in [0.25, 0.3) is 0 Å². The largest absolute Gasteiger partial charge is 0.437 e. The Hall–Kier alpha value is -1.83. The lowest BCUT2D eigenvalue weighted by atomic mass is 9.80. The number of hydrogen-bond acceptors (Lipinski definition) is 14. The van der Waals surface area contributed by atoms with Crippen molar-refractivity contribution in [3.63, 3.8) is 0 Å². The summed E-state index contributed by atoms with van der Waals surface area (Å²) < 4.78 is 0. The summed E-state index contributed by atoms with van der Waals surface area (Å²) in [7, 11) is 0.435. The first-order valence-corrected chi connectivity index (χ1v) is 37.5. The lowest BCUT2D eigenvalue weighted by Gasteiger charge is -2.33. The van der Waals surface area contributed by atoms with E-state index in [4.69, 9.17) is 5.53 Å². The molecule has 0 rings (SSSR count). The molecule has 0 aromatic rings. The van der Waals surface area contributed by atoms with Gasteiger partial charge in [-0.3, -0.25) is 4.79 Å². The summed E-state index contributed by atoms with van der Waals surface area (Å²) in [5.74, 6) is 0.397. The molecule has 0 fully saturated rings. The van der Waals surface area contributed by atoms with Gasteiger partial charge in [0.2, 0.25) is 5.91 Å². The Morgan fingerprint density at radius 3 is 1.17 bits per heavy atom. The van der Waals surface area contributed by atoms with Gasteiger partial charge in [0.05, 0.1) is 6.04 Å². The van der Waals surface area contributed by atoms with E-state index in [-0.39, 0.29) is 17.9 Å². The van der Waals surface area contributed by atoms with Gasteiger partial charge in [-0.05, 0) is 235 Å². The normalized spacial score (nSPS) is 12.4. The number of carbonyl (C=O) groups is 1. The number of rotatable bonds is 68. The zero-order valence-corrected chi connectivity index (χ0v) is 60.1. The molecular weight excluding hydrogens is 1120 g/mol. The fourth-order valence-corrected chi connectivity index (χ4v) is 12.1. The van der Waals surface area contributed by atoms with Crippen LogP contribution in [-0.2, 0) is 4.79 Å². The highest BCUT2D eigenvalue weighted by Crippen LogP contribution is 2.20. The maximum absolute atomic E-state index is 12.7. The third-order valence-corrected chi connectivity index (χ3v) is 18.5. The molecule has 1 amide bonds. The first-order valence-electron chi connectivity index (χ1n) is 37.5. The Labute approximate surface area is 557 Å². The summed E-state index contributed by atoms with van der Waals surface area (Å²) in [4.78, 5) is 28.1. The van der Waals surface area contributed by atoms with Gasteiger partial charge in [-0.2, -0.15) is 0 Å². The molecular formula is C67H142B6N10O7. The third-order valence-electron chi connectivity index (χ3n) is 18.5. The van der Waals surface area contributed by atoms with Crippen LogP contribution in [0.15, 0.2) is 29.4 Å². The van der Waals surface area contributed by atoms with E-state index in [2.05, 4.69) is 65.8 Å². The van der Waals surface area contributed by atoms with Gasteiger partial charge in [-0.1, -0.05) is 184 Å². The van der Waals surface area contributed by atoms with Crippen molar-refractivity contribution in [1.82, 2.24) is 34.2 Å². The molecule has 23 heteroatoms. The second-order valence-corrected chi connectivity index (χ2v) is 27.1. The number of azide groups is 1. The van der Waals surface area contributed by atoms with E-state index in [0.717, 1.165) is 155 Å². The van der Waals surface area contributed by atoms with Crippen LogP contribution in [0.4, 0.5) is 0 Å². The van der Waals surface area contributed by atoms with Crippen LogP contribution >= 0.6 is 0 Å². The van der Waals surface area contributed by atoms with Gasteiger partial charge in [-0.25, -0.2) is 0 Å². The van der Waals surface area contributed by atoms with Crippen molar-refractivity contribution in [2.24, 2.45) is 11.0 Å². The molecule has 1 unspecified atom stereocenters.